The van der Waals surface area contributed by atoms with E-state index in [0.29, 0.717) is 0 Å². The second-order valence-electron chi connectivity index (χ2n) is 2.00. The van der Waals surface area contributed by atoms with Gasteiger partial charge in [-0.05, 0) is 0 Å². The van der Waals surface area contributed by atoms with Gasteiger partial charge in [-0.15, -0.1) is 11.6 Å². The van der Waals surface area contributed by atoms with E-state index in [9.17, 15) is 9.59 Å². The lowest BCUT2D eigenvalue weighted by Gasteiger charge is -2.02. The molecule has 0 aliphatic heterocycles. The molecule has 0 aromatic carbocycles. The zero-order valence-corrected chi connectivity index (χ0v) is 7.60. The summed E-state index contributed by atoms with van der Waals surface area (Å²) in [6.07, 6.45) is 0.0798. The highest BCUT2D eigenvalue weighted by atomic mass is 35.5. The van der Waals surface area contributed by atoms with Crippen LogP contribution in [0.2, 0.25) is 0 Å². The van der Waals surface area contributed by atoms with Gasteiger partial charge < -0.3 is 9.47 Å². The fourth-order valence-electron chi connectivity index (χ4n) is 0.503. The van der Waals surface area contributed by atoms with Crippen molar-refractivity contribution in [1.29, 1.82) is 0 Å². The first-order valence-corrected chi connectivity index (χ1v) is 4.05. The van der Waals surface area contributed by atoms with Crippen LogP contribution in [-0.2, 0) is 19.1 Å². The first kappa shape index (κ1) is 11.2. The summed E-state index contributed by atoms with van der Waals surface area (Å²) in [6, 6.07) is 0. The lowest BCUT2D eigenvalue weighted by Crippen LogP contribution is -2.11. The molecule has 0 aliphatic rings. The topological polar surface area (TPSA) is 52.6 Å². The molecule has 0 aliphatic carbocycles. The lowest BCUT2D eigenvalue weighted by atomic mass is 10.5. The molecule has 0 N–H and O–H groups in total. The summed E-state index contributed by atoms with van der Waals surface area (Å²) in [5, 5.41) is 0. The molecule has 0 radical (unpaired) electrons. The number of hydrogen-bond donors (Lipinski definition) is 0. The Kier molecular flexibility index (Phi) is 6.47. The molecule has 5 heteroatoms. The minimum atomic E-state index is -0.406. The van der Waals surface area contributed by atoms with Crippen molar-refractivity contribution < 1.29 is 19.1 Å². The van der Waals surface area contributed by atoms with Gasteiger partial charge in [-0.25, -0.2) is 0 Å². The highest BCUT2D eigenvalue weighted by molar-refractivity contribution is 6.18. The number of hydrogen-bond acceptors (Lipinski definition) is 4. The van der Waals surface area contributed by atoms with Gasteiger partial charge in [0.1, 0.15) is 13.2 Å². The molecule has 0 spiro atoms. The molecule has 4 nitrogen and oxygen atoms in total. The molecule has 0 rings (SSSR count). The van der Waals surface area contributed by atoms with E-state index in [0.717, 1.165) is 0 Å². The summed E-state index contributed by atoms with van der Waals surface area (Å²) in [6.45, 7) is 1.54. The van der Waals surface area contributed by atoms with Crippen LogP contribution >= 0.6 is 11.6 Å². The molecule has 0 amide bonds. The quantitative estimate of drug-likeness (QED) is 0.478. The van der Waals surface area contributed by atoms with Crippen LogP contribution in [0.1, 0.15) is 13.3 Å². The summed E-state index contributed by atoms with van der Waals surface area (Å²) in [5.74, 6) is -0.531. The van der Waals surface area contributed by atoms with E-state index in [1.54, 1.807) is 0 Å². The fourth-order valence-corrected chi connectivity index (χ4v) is 0.580. The third-order valence-corrected chi connectivity index (χ3v) is 1.11. The molecule has 0 saturated carbocycles. The molecule has 0 fully saturated rings. The summed E-state index contributed by atoms with van der Waals surface area (Å²) < 4.78 is 9.13. The average Bonchev–Trinajstić information content (AvgIpc) is 2.00. The Hall–Kier alpha value is -0.770. The number of ether oxygens (including phenoxy) is 2. The van der Waals surface area contributed by atoms with E-state index in [1.807, 2.05) is 0 Å². The van der Waals surface area contributed by atoms with Crippen molar-refractivity contribution in [2.45, 2.75) is 13.3 Å². The number of esters is 2. The van der Waals surface area contributed by atoms with Gasteiger partial charge in [0.2, 0.25) is 0 Å². The predicted molar refractivity (Wildman–Crippen MR) is 42.9 cm³/mol. The Balaban J connectivity index is 3.25. The van der Waals surface area contributed by atoms with E-state index in [-0.39, 0.29) is 25.5 Å². The fraction of sp³-hybridized carbons (Fsp3) is 0.714. The maximum atomic E-state index is 10.7. The summed E-state index contributed by atoms with van der Waals surface area (Å²) in [5.41, 5.74) is 0. The second kappa shape index (κ2) is 6.91. The summed E-state index contributed by atoms with van der Waals surface area (Å²) in [7, 11) is 0. The third kappa shape index (κ3) is 7.34. The van der Waals surface area contributed by atoms with Gasteiger partial charge in [-0.1, -0.05) is 0 Å². The van der Waals surface area contributed by atoms with E-state index in [4.69, 9.17) is 11.6 Å². The largest absolute Gasteiger partial charge is 0.465 e. The summed E-state index contributed by atoms with van der Waals surface area (Å²) in [4.78, 5) is 21.0. The maximum absolute atomic E-state index is 10.7. The van der Waals surface area contributed by atoms with Crippen LogP contribution in [-0.4, -0.2) is 31.0 Å². The third-order valence-electron chi connectivity index (χ3n) is 0.952. The lowest BCUT2D eigenvalue weighted by molar-refractivity contribution is -0.147. The number of carbonyl (C=O) groups excluding carboxylic acids is 2. The Morgan fingerprint density at radius 1 is 1.25 bits per heavy atom. The smallest absolute Gasteiger partial charge is 0.309 e. The SMILES string of the molecule is CC(=O)OCCC(=O)OCCCl. The Bertz CT molecular complexity index is 157. The van der Waals surface area contributed by atoms with Crippen molar-refractivity contribution in [1.82, 2.24) is 0 Å². The minimum Gasteiger partial charge on any atom is -0.465 e. The molecular formula is C7H11ClO4. The average molecular weight is 195 g/mol. The zero-order chi connectivity index (χ0) is 9.40. The van der Waals surface area contributed by atoms with Crippen molar-refractivity contribution in [3.8, 4) is 0 Å². The maximum Gasteiger partial charge on any atom is 0.309 e. The predicted octanol–water partition coefficient (Wildman–Crippen LogP) is 0.722. The minimum absolute atomic E-state index is 0.0659. The second-order valence-corrected chi connectivity index (χ2v) is 2.38. The monoisotopic (exact) mass is 194 g/mol. The van der Waals surface area contributed by atoms with E-state index >= 15 is 0 Å². The Morgan fingerprint density at radius 2 is 1.92 bits per heavy atom. The Labute approximate surface area is 75.8 Å². The van der Waals surface area contributed by atoms with Crippen molar-refractivity contribution in [3.63, 3.8) is 0 Å². The van der Waals surface area contributed by atoms with Crippen LogP contribution < -0.4 is 0 Å². The van der Waals surface area contributed by atoms with Gasteiger partial charge in [0.05, 0.1) is 12.3 Å². The van der Waals surface area contributed by atoms with Gasteiger partial charge >= 0.3 is 11.9 Å². The molecule has 0 saturated heterocycles. The van der Waals surface area contributed by atoms with Gasteiger partial charge in [0.25, 0.3) is 0 Å². The van der Waals surface area contributed by atoms with E-state index in [1.165, 1.54) is 6.92 Å². The highest BCUT2D eigenvalue weighted by Gasteiger charge is 2.02. The van der Waals surface area contributed by atoms with Crippen LogP contribution in [0, 0.1) is 0 Å². The molecule has 0 bridgehead atoms. The molecule has 0 atom stereocenters. The van der Waals surface area contributed by atoms with Crippen LogP contribution in [0.5, 0.6) is 0 Å². The Morgan fingerprint density at radius 3 is 2.42 bits per heavy atom. The first-order valence-electron chi connectivity index (χ1n) is 3.51. The van der Waals surface area contributed by atoms with E-state index in [2.05, 4.69) is 9.47 Å². The van der Waals surface area contributed by atoms with Gasteiger partial charge in [-0.3, -0.25) is 9.59 Å². The van der Waals surface area contributed by atoms with Crippen molar-refractivity contribution >= 4 is 23.5 Å². The van der Waals surface area contributed by atoms with Crippen LogP contribution in [0.4, 0.5) is 0 Å². The molecule has 0 heterocycles. The standard InChI is InChI=1S/C7H11ClO4/c1-6(9)11-4-2-7(10)12-5-3-8/h2-5H2,1H3. The number of halogens is 1. The molecule has 0 aromatic rings. The van der Waals surface area contributed by atoms with Crippen LogP contribution in [0.25, 0.3) is 0 Å². The van der Waals surface area contributed by atoms with Crippen LogP contribution in [0.3, 0.4) is 0 Å². The van der Waals surface area contributed by atoms with Gasteiger partial charge in [0.15, 0.2) is 0 Å². The van der Waals surface area contributed by atoms with Gasteiger partial charge in [0, 0.05) is 6.92 Å². The molecule has 12 heavy (non-hydrogen) atoms. The van der Waals surface area contributed by atoms with Crippen molar-refractivity contribution in [2.75, 3.05) is 19.1 Å². The highest BCUT2D eigenvalue weighted by Crippen LogP contribution is 1.89. The van der Waals surface area contributed by atoms with Crippen LogP contribution in [0.15, 0.2) is 0 Å². The summed E-state index contributed by atoms with van der Waals surface area (Å²) >= 11 is 5.27. The van der Waals surface area contributed by atoms with Gasteiger partial charge in [-0.2, -0.15) is 0 Å². The number of alkyl halides is 1. The molecular weight excluding hydrogens is 184 g/mol. The van der Waals surface area contributed by atoms with Crippen molar-refractivity contribution in [3.05, 3.63) is 0 Å². The van der Waals surface area contributed by atoms with Crippen molar-refractivity contribution in [2.24, 2.45) is 0 Å². The molecule has 0 aromatic heterocycles. The number of rotatable bonds is 5. The first-order chi connectivity index (χ1) is 5.66. The number of carbonyl (C=O) groups is 2. The molecule has 70 valence electrons. The zero-order valence-electron chi connectivity index (χ0n) is 6.84. The molecule has 0 unspecified atom stereocenters. The normalized spacial score (nSPS) is 9.17. The van der Waals surface area contributed by atoms with E-state index < -0.39 is 11.9 Å².